The first-order valence-electron chi connectivity index (χ1n) is 13.0. The van der Waals surface area contributed by atoms with Gasteiger partial charge in [-0.2, -0.15) is 17.5 Å². The van der Waals surface area contributed by atoms with Crippen molar-refractivity contribution in [2.24, 2.45) is 4.99 Å². The van der Waals surface area contributed by atoms with Gasteiger partial charge in [0.1, 0.15) is 11.6 Å². The van der Waals surface area contributed by atoms with Gasteiger partial charge in [0, 0.05) is 25.7 Å². The SMILES string of the molecule is COc1cc(C)c(S(=O)(=O)N(C)Cc2nnc(C(=O)NCCc3ccc(C4=NCCN4)cc3)o2)c(C)c1.O=C(O)C(F)(F)F. The number of sulfonamides is 1. The maximum atomic E-state index is 13.2. The first-order chi connectivity index (χ1) is 20.6. The number of methoxy groups -OCH3 is 1. The fourth-order valence-corrected chi connectivity index (χ4v) is 5.62. The molecule has 0 saturated carbocycles. The molecular formula is C27H31F3N6O7S. The van der Waals surface area contributed by atoms with E-state index in [2.05, 4.69) is 25.8 Å². The van der Waals surface area contributed by atoms with Crippen LogP contribution >= 0.6 is 0 Å². The zero-order valence-corrected chi connectivity index (χ0v) is 25.0. The van der Waals surface area contributed by atoms with Crippen LogP contribution in [0.25, 0.3) is 0 Å². The number of nitrogens with one attached hydrogen (secondary N) is 2. The molecule has 1 aliphatic rings. The van der Waals surface area contributed by atoms with Gasteiger partial charge >= 0.3 is 23.9 Å². The van der Waals surface area contributed by atoms with Gasteiger partial charge in [0.25, 0.3) is 0 Å². The Morgan fingerprint density at radius 2 is 1.75 bits per heavy atom. The molecule has 17 heteroatoms. The number of carboxylic acid groups (broad SMARTS) is 1. The van der Waals surface area contributed by atoms with E-state index in [0.717, 1.165) is 34.4 Å². The second-order valence-electron chi connectivity index (χ2n) is 9.52. The van der Waals surface area contributed by atoms with E-state index in [9.17, 15) is 26.4 Å². The topological polar surface area (TPSA) is 176 Å². The second-order valence-corrected chi connectivity index (χ2v) is 11.5. The molecule has 13 nitrogen and oxygen atoms in total. The summed E-state index contributed by atoms with van der Waals surface area (Å²) in [5, 5.41) is 20.7. The fourth-order valence-electron chi connectivity index (χ4n) is 4.09. The number of aryl methyl sites for hydroxylation is 2. The summed E-state index contributed by atoms with van der Waals surface area (Å²) in [6.45, 7) is 5.26. The molecule has 0 atom stereocenters. The first kappa shape index (κ1) is 34.0. The molecule has 0 fully saturated rings. The summed E-state index contributed by atoms with van der Waals surface area (Å²) in [5.41, 5.74) is 3.22. The predicted molar refractivity (Wildman–Crippen MR) is 151 cm³/mol. The quantitative estimate of drug-likeness (QED) is 0.298. The van der Waals surface area contributed by atoms with E-state index in [4.69, 9.17) is 19.1 Å². The van der Waals surface area contributed by atoms with Crippen molar-refractivity contribution in [2.75, 3.05) is 33.8 Å². The Morgan fingerprint density at radius 1 is 1.14 bits per heavy atom. The van der Waals surface area contributed by atoms with Crippen molar-refractivity contribution in [3.63, 3.8) is 0 Å². The lowest BCUT2D eigenvalue weighted by atomic mass is 10.1. The lowest BCUT2D eigenvalue weighted by Crippen LogP contribution is -2.28. The maximum Gasteiger partial charge on any atom is 0.490 e. The molecule has 238 valence electrons. The minimum Gasteiger partial charge on any atom is -0.497 e. The van der Waals surface area contributed by atoms with Crippen molar-refractivity contribution in [1.29, 1.82) is 0 Å². The van der Waals surface area contributed by atoms with Crippen LogP contribution in [0.1, 0.15) is 38.8 Å². The standard InChI is InChI=1S/C25H30N6O5S.C2HF3O2/c1-16-13-20(35-4)14-17(2)22(16)37(33,34)31(3)15-21-29-30-25(36-21)24(32)28-10-9-18-5-7-19(8-6-18)23-26-11-12-27-23;3-2(4,5)1(6)7/h5-8,13-14H,9-12,15H2,1-4H3,(H,26,27)(H,28,32);(H,6,7). The highest BCUT2D eigenvalue weighted by Gasteiger charge is 2.38. The molecule has 2 heterocycles. The molecule has 0 aliphatic carbocycles. The zero-order chi connectivity index (χ0) is 32.7. The molecule has 4 rings (SSSR count). The Balaban J connectivity index is 0.000000676. The van der Waals surface area contributed by atoms with Crippen LogP contribution in [0, 0.1) is 13.8 Å². The Labute approximate surface area is 251 Å². The highest BCUT2D eigenvalue weighted by atomic mass is 32.2. The summed E-state index contributed by atoms with van der Waals surface area (Å²) in [5.74, 6) is -2.01. The summed E-state index contributed by atoms with van der Waals surface area (Å²) in [4.78, 5) is 25.9. The van der Waals surface area contributed by atoms with Gasteiger partial charge in [-0.15, -0.1) is 10.2 Å². The molecule has 0 saturated heterocycles. The van der Waals surface area contributed by atoms with Gasteiger partial charge in [-0.25, -0.2) is 13.2 Å². The van der Waals surface area contributed by atoms with Crippen LogP contribution in [-0.2, 0) is 27.8 Å². The number of carbonyl (C=O) groups excluding carboxylic acids is 1. The molecule has 0 radical (unpaired) electrons. The molecule has 0 bridgehead atoms. The van der Waals surface area contributed by atoms with Gasteiger partial charge in [-0.05, 0) is 49.1 Å². The number of amidine groups is 1. The van der Waals surface area contributed by atoms with Crippen LogP contribution in [-0.4, -0.2) is 85.7 Å². The summed E-state index contributed by atoms with van der Waals surface area (Å²) in [6, 6.07) is 11.3. The van der Waals surface area contributed by atoms with Gasteiger partial charge in [-0.1, -0.05) is 24.3 Å². The third-order valence-electron chi connectivity index (χ3n) is 6.20. The van der Waals surface area contributed by atoms with Gasteiger partial charge < -0.3 is 24.9 Å². The smallest absolute Gasteiger partial charge is 0.490 e. The number of aromatic nitrogens is 2. The highest BCUT2D eigenvalue weighted by molar-refractivity contribution is 7.89. The number of hydrogen-bond acceptors (Lipinski definition) is 10. The molecule has 1 aliphatic heterocycles. The Kier molecular flexibility index (Phi) is 11.1. The van der Waals surface area contributed by atoms with E-state index in [1.807, 2.05) is 24.3 Å². The summed E-state index contributed by atoms with van der Waals surface area (Å²) in [7, 11) is -0.903. The second kappa shape index (κ2) is 14.3. The van der Waals surface area contributed by atoms with Crippen molar-refractivity contribution in [3.8, 4) is 5.75 Å². The van der Waals surface area contributed by atoms with Crippen LogP contribution < -0.4 is 15.4 Å². The van der Waals surface area contributed by atoms with E-state index in [1.165, 1.54) is 14.2 Å². The summed E-state index contributed by atoms with van der Waals surface area (Å²) < 4.78 is 69.9. The summed E-state index contributed by atoms with van der Waals surface area (Å²) in [6.07, 6.45) is -4.46. The van der Waals surface area contributed by atoms with Gasteiger partial charge in [0.15, 0.2) is 0 Å². The summed E-state index contributed by atoms with van der Waals surface area (Å²) >= 11 is 0. The van der Waals surface area contributed by atoms with Crippen molar-refractivity contribution >= 4 is 27.7 Å². The predicted octanol–water partition coefficient (Wildman–Crippen LogP) is 2.47. The average molecular weight is 641 g/mol. The van der Waals surface area contributed by atoms with Crippen LogP contribution in [0.3, 0.4) is 0 Å². The fraction of sp³-hybridized carbons (Fsp3) is 0.370. The van der Waals surface area contributed by atoms with Gasteiger partial charge in [0.05, 0.1) is 25.1 Å². The largest absolute Gasteiger partial charge is 0.497 e. The normalized spacial score (nSPS) is 13.0. The lowest BCUT2D eigenvalue weighted by Gasteiger charge is -2.19. The van der Waals surface area contributed by atoms with Crippen molar-refractivity contribution in [3.05, 3.63) is 70.4 Å². The van der Waals surface area contributed by atoms with E-state index in [1.54, 1.807) is 26.0 Å². The number of benzene rings is 2. The number of aliphatic carboxylic acids is 1. The van der Waals surface area contributed by atoms with Gasteiger partial charge in [0.2, 0.25) is 15.9 Å². The van der Waals surface area contributed by atoms with E-state index < -0.39 is 28.1 Å². The molecule has 1 amide bonds. The number of ether oxygens (including phenoxy) is 1. The molecule has 0 unspecified atom stereocenters. The molecule has 2 aromatic carbocycles. The van der Waals surface area contributed by atoms with Crippen molar-refractivity contribution in [1.82, 2.24) is 25.1 Å². The Hall–Kier alpha value is -4.51. The van der Waals surface area contributed by atoms with E-state index in [0.29, 0.717) is 29.8 Å². The number of aliphatic imine (C=N–C) groups is 1. The number of carbonyl (C=O) groups is 2. The zero-order valence-electron chi connectivity index (χ0n) is 24.2. The third-order valence-corrected chi connectivity index (χ3v) is 8.31. The number of carboxylic acids is 1. The van der Waals surface area contributed by atoms with Crippen LogP contribution in [0.5, 0.6) is 5.75 Å². The minimum absolute atomic E-state index is 0.0130. The van der Waals surface area contributed by atoms with Crippen molar-refractivity contribution < 1.29 is 45.4 Å². The molecule has 3 N–H and O–H groups in total. The van der Waals surface area contributed by atoms with E-state index >= 15 is 0 Å². The number of halogens is 3. The number of rotatable bonds is 10. The van der Waals surface area contributed by atoms with Gasteiger partial charge in [-0.3, -0.25) is 9.79 Å². The number of nitrogens with zero attached hydrogens (tertiary/aromatic N) is 4. The molecule has 44 heavy (non-hydrogen) atoms. The maximum absolute atomic E-state index is 13.2. The average Bonchev–Trinajstić information content (AvgIpc) is 3.65. The number of hydrogen-bond donors (Lipinski definition) is 3. The molecule has 1 aromatic heterocycles. The first-order valence-corrected chi connectivity index (χ1v) is 14.5. The monoisotopic (exact) mass is 640 g/mol. The Bertz CT molecular complexity index is 1600. The third kappa shape index (κ3) is 8.76. The molecule has 3 aromatic rings. The van der Waals surface area contributed by atoms with Crippen LogP contribution in [0.4, 0.5) is 13.2 Å². The van der Waals surface area contributed by atoms with Crippen LogP contribution in [0.15, 0.2) is 50.7 Å². The Morgan fingerprint density at radius 3 is 2.27 bits per heavy atom. The molecular weight excluding hydrogens is 609 g/mol. The van der Waals surface area contributed by atoms with Crippen molar-refractivity contribution in [2.45, 2.75) is 37.9 Å². The number of amides is 1. The number of alkyl halides is 3. The van der Waals surface area contributed by atoms with E-state index in [-0.39, 0.29) is 23.2 Å². The molecule has 0 spiro atoms. The lowest BCUT2D eigenvalue weighted by molar-refractivity contribution is -0.192. The minimum atomic E-state index is -5.08. The van der Waals surface area contributed by atoms with Crippen LogP contribution in [0.2, 0.25) is 0 Å². The highest BCUT2D eigenvalue weighted by Crippen LogP contribution is 2.28.